The molecule has 2 amide bonds. The maximum atomic E-state index is 12.0. The van der Waals surface area contributed by atoms with Crippen molar-refractivity contribution in [1.29, 1.82) is 0 Å². The van der Waals surface area contributed by atoms with Crippen molar-refractivity contribution in [3.05, 3.63) is 28.6 Å². The third kappa shape index (κ3) is 3.00. The smallest absolute Gasteiger partial charge is 0.404 e. The molecule has 0 aliphatic heterocycles. The molecule has 0 aliphatic carbocycles. The minimum atomic E-state index is -0.865. The lowest BCUT2D eigenvalue weighted by Crippen LogP contribution is -2.28. The van der Waals surface area contributed by atoms with Gasteiger partial charge in [-0.2, -0.15) is 0 Å². The first-order valence-electron chi connectivity index (χ1n) is 5.98. The van der Waals surface area contributed by atoms with Gasteiger partial charge in [0.25, 0.3) is 5.91 Å². The fraction of sp³-hybridized carbons (Fsp3) is 0.231. The Morgan fingerprint density at radius 1 is 1.40 bits per heavy atom. The molecule has 2 aromatic rings. The lowest BCUT2D eigenvalue weighted by molar-refractivity contribution is 0.0941. The van der Waals surface area contributed by atoms with Crippen molar-refractivity contribution in [3.63, 3.8) is 0 Å². The highest BCUT2D eigenvalue weighted by Gasteiger charge is 2.16. The number of hydrogen-bond acceptors (Lipinski definition) is 5. The molecule has 106 valence electrons. The second kappa shape index (κ2) is 5.79. The summed E-state index contributed by atoms with van der Waals surface area (Å²) in [6.07, 6.45) is -0.865. The van der Waals surface area contributed by atoms with Gasteiger partial charge in [-0.1, -0.05) is 11.6 Å². The van der Waals surface area contributed by atoms with Gasteiger partial charge >= 0.3 is 6.09 Å². The molecule has 1 aromatic carbocycles. The third-order valence-electron chi connectivity index (χ3n) is 2.72. The molecule has 0 atom stereocenters. The number of nitrogens with two attached hydrogens (primary N) is 2. The van der Waals surface area contributed by atoms with E-state index in [1.807, 2.05) is 25.1 Å². The van der Waals surface area contributed by atoms with Crippen molar-refractivity contribution in [3.8, 4) is 0 Å². The fourth-order valence-electron chi connectivity index (χ4n) is 1.80. The molecule has 2 rings (SSSR count). The Morgan fingerprint density at radius 2 is 2.15 bits per heavy atom. The number of thiophene rings is 1. The van der Waals surface area contributed by atoms with Crippen LogP contribution in [-0.2, 0) is 4.74 Å². The van der Waals surface area contributed by atoms with Gasteiger partial charge in [0.15, 0.2) is 0 Å². The first-order chi connectivity index (χ1) is 9.49. The van der Waals surface area contributed by atoms with Crippen molar-refractivity contribution in [2.75, 3.05) is 18.9 Å². The van der Waals surface area contributed by atoms with Gasteiger partial charge < -0.3 is 21.5 Å². The molecule has 20 heavy (non-hydrogen) atoms. The molecule has 1 aromatic heterocycles. The molecular weight excluding hydrogens is 278 g/mol. The number of rotatable bonds is 4. The van der Waals surface area contributed by atoms with Crippen molar-refractivity contribution >= 4 is 39.1 Å². The number of aryl methyl sites for hydroxylation is 1. The average Bonchev–Trinajstić information content (AvgIpc) is 2.72. The molecule has 0 fully saturated rings. The van der Waals surface area contributed by atoms with Crippen molar-refractivity contribution in [1.82, 2.24) is 5.32 Å². The van der Waals surface area contributed by atoms with E-state index in [-0.39, 0.29) is 19.1 Å². The van der Waals surface area contributed by atoms with Crippen molar-refractivity contribution < 1.29 is 14.3 Å². The zero-order valence-corrected chi connectivity index (χ0v) is 11.8. The van der Waals surface area contributed by atoms with E-state index in [9.17, 15) is 9.59 Å². The van der Waals surface area contributed by atoms with Crippen LogP contribution in [0.15, 0.2) is 18.2 Å². The highest BCUT2D eigenvalue weighted by Crippen LogP contribution is 2.33. The van der Waals surface area contributed by atoms with Gasteiger partial charge in [0.2, 0.25) is 0 Å². The highest BCUT2D eigenvalue weighted by molar-refractivity contribution is 7.21. The van der Waals surface area contributed by atoms with Gasteiger partial charge in [0.1, 0.15) is 11.5 Å². The van der Waals surface area contributed by atoms with Crippen LogP contribution >= 0.6 is 11.3 Å². The summed E-state index contributed by atoms with van der Waals surface area (Å²) in [4.78, 5) is 22.9. The summed E-state index contributed by atoms with van der Waals surface area (Å²) in [5, 5.41) is 3.51. The summed E-state index contributed by atoms with van der Waals surface area (Å²) in [5.41, 5.74) is 12.4. The molecule has 0 radical (unpaired) electrons. The van der Waals surface area contributed by atoms with Gasteiger partial charge in [-0.15, -0.1) is 11.3 Å². The molecule has 0 bridgehead atoms. The number of fused-ring (bicyclic) bond motifs is 1. The van der Waals surface area contributed by atoms with E-state index < -0.39 is 6.09 Å². The van der Waals surface area contributed by atoms with E-state index in [1.54, 1.807) is 0 Å². The standard InChI is InChI=1S/C13H15N3O3S/c1-7-2-3-9-8(6-7)10(14)11(20-9)12(17)16-4-5-19-13(15)18/h2-3,6H,4-5,14H2,1H3,(H2,15,18)(H,16,17). The Morgan fingerprint density at radius 3 is 2.85 bits per heavy atom. The molecule has 5 N–H and O–H groups in total. The Labute approximate surface area is 119 Å². The van der Waals surface area contributed by atoms with Gasteiger partial charge in [-0.25, -0.2) is 4.79 Å². The van der Waals surface area contributed by atoms with Crippen LogP contribution in [0.4, 0.5) is 10.5 Å². The zero-order chi connectivity index (χ0) is 14.7. The van der Waals surface area contributed by atoms with E-state index in [2.05, 4.69) is 10.1 Å². The molecule has 0 unspecified atom stereocenters. The van der Waals surface area contributed by atoms with Gasteiger partial charge in [0.05, 0.1) is 12.2 Å². The van der Waals surface area contributed by atoms with E-state index >= 15 is 0 Å². The SMILES string of the molecule is Cc1ccc2sc(C(=O)NCCOC(N)=O)c(N)c2c1. The number of anilines is 1. The number of ether oxygens (including phenoxy) is 1. The van der Waals surface area contributed by atoms with Crippen LogP contribution in [-0.4, -0.2) is 25.2 Å². The number of amides is 2. The summed E-state index contributed by atoms with van der Waals surface area (Å²) in [5.74, 6) is -0.283. The van der Waals surface area contributed by atoms with E-state index in [0.717, 1.165) is 15.6 Å². The molecule has 0 saturated carbocycles. The lowest BCUT2D eigenvalue weighted by atomic mass is 10.1. The number of nitrogen functional groups attached to an aromatic ring is 1. The lowest BCUT2D eigenvalue weighted by Gasteiger charge is -2.04. The summed E-state index contributed by atoms with van der Waals surface area (Å²) in [6.45, 7) is 2.19. The first-order valence-corrected chi connectivity index (χ1v) is 6.79. The fourth-order valence-corrected chi connectivity index (χ4v) is 2.82. The molecular formula is C13H15N3O3S. The Balaban J connectivity index is 2.10. The van der Waals surface area contributed by atoms with Gasteiger partial charge in [-0.05, 0) is 19.1 Å². The first kappa shape index (κ1) is 14.1. The number of primary amides is 1. The van der Waals surface area contributed by atoms with Crippen LogP contribution in [0.5, 0.6) is 0 Å². The molecule has 6 nitrogen and oxygen atoms in total. The van der Waals surface area contributed by atoms with Crippen molar-refractivity contribution in [2.24, 2.45) is 5.73 Å². The number of benzene rings is 1. The molecule has 0 saturated heterocycles. The van der Waals surface area contributed by atoms with Gasteiger partial charge in [-0.3, -0.25) is 4.79 Å². The van der Waals surface area contributed by atoms with Crippen LogP contribution in [0, 0.1) is 6.92 Å². The van der Waals surface area contributed by atoms with Gasteiger partial charge in [0, 0.05) is 10.1 Å². The summed E-state index contributed by atoms with van der Waals surface area (Å²) in [7, 11) is 0. The second-order valence-electron chi connectivity index (χ2n) is 4.27. The number of nitrogens with one attached hydrogen (secondary N) is 1. The largest absolute Gasteiger partial charge is 0.448 e. The molecule has 1 heterocycles. The molecule has 7 heteroatoms. The Hall–Kier alpha value is -2.28. The van der Waals surface area contributed by atoms with Crippen LogP contribution in [0.25, 0.3) is 10.1 Å². The predicted octanol–water partition coefficient (Wildman–Crippen LogP) is 1.62. The molecule has 0 aliphatic rings. The third-order valence-corrected chi connectivity index (χ3v) is 3.91. The van der Waals surface area contributed by atoms with Crippen molar-refractivity contribution in [2.45, 2.75) is 6.92 Å². The Bertz CT molecular complexity index is 666. The quantitative estimate of drug-likeness (QED) is 0.744. The van der Waals surface area contributed by atoms with Crippen LogP contribution in [0.1, 0.15) is 15.2 Å². The minimum Gasteiger partial charge on any atom is -0.448 e. The number of carbonyl (C=O) groups is 2. The van der Waals surface area contributed by atoms with E-state index in [0.29, 0.717) is 10.6 Å². The second-order valence-corrected chi connectivity index (χ2v) is 5.32. The van der Waals surface area contributed by atoms with Crippen LogP contribution in [0.3, 0.4) is 0 Å². The van der Waals surface area contributed by atoms with Crippen LogP contribution < -0.4 is 16.8 Å². The predicted molar refractivity (Wildman–Crippen MR) is 78.8 cm³/mol. The number of carbonyl (C=O) groups excluding carboxylic acids is 2. The average molecular weight is 293 g/mol. The minimum absolute atomic E-state index is 0.0327. The monoisotopic (exact) mass is 293 g/mol. The Kier molecular flexibility index (Phi) is 4.09. The summed E-state index contributed by atoms with van der Waals surface area (Å²) < 4.78 is 5.49. The summed E-state index contributed by atoms with van der Waals surface area (Å²) in [6, 6.07) is 5.87. The maximum Gasteiger partial charge on any atom is 0.404 e. The highest BCUT2D eigenvalue weighted by atomic mass is 32.1. The zero-order valence-electron chi connectivity index (χ0n) is 10.9. The topological polar surface area (TPSA) is 107 Å². The van der Waals surface area contributed by atoms with E-state index in [4.69, 9.17) is 11.5 Å². The maximum absolute atomic E-state index is 12.0. The molecule has 0 spiro atoms. The normalized spacial score (nSPS) is 10.4. The van der Waals surface area contributed by atoms with E-state index in [1.165, 1.54) is 11.3 Å². The van der Waals surface area contributed by atoms with Crippen LogP contribution in [0.2, 0.25) is 0 Å². The summed E-state index contributed by atoms with van der Waals surface area (Å²) >= 11 is 1.34. The number of hydrogen-bond donors (Lipinski definition) is 3.